The first-order valence-corrected chi connectivity index (χ1v) is 8.15. The molecule has 0 atom stereocenters. The number of benzene rings is 1. The van der Waals surface area contributed by atoms with E-state index in [2.05, 4.69) is 9.72 Å². The number of carboxylic acid groups (broad SMARTS) is 1. The summed E-state index contributed by atoms with van der Waals surface area (Å²) in [5, 5.41) is 9.35. The molecule has 3 N–H and O–H groups in total. The molecule has 0 aliphatic rings. The molecule has 0 bridgehead atoms. The van der Waals surface area contributed by atoms with Crippen molar-refractivity contribution < 1.29 is 32.6 Å². The Bertz CT molecular complexity index is 1150. The average molecular weight is 405 g/mol. The molecule has 0 spiro atoms. The number of nitrogens with two attached hydrogens (primary N) is 1. The van der Waals surface area contributed by atoms with E-state index in [-0.39, 0.29) is 17.0 Å². The number of halogens is 3. The highest BCUT2D eigenvalue weighted by atomic mass is 19.4. The first-order valence-electron chi connectivity index (χ1n) is 8.15. The van der Waals surface area contributed by atoms with Crippen LogP contribution in [0, 0.1) is 0 Å². The number of fused-ring (bicyclic) bond motifs is 1. The molecule has 7 nitrogen and oxygen atoms in total. The standard InChI is InChI=1S/C19H14F3N3O4/c1-10(7-17(26)27)13-3-2-4-16(24-13)25-14-9-12(29-19(20,21)22)6-5-11(14)8-15(25)18(23)28/h2-9H,1H3,(H2,23,28)(H,26,27)/b10-7+. The minimum Gasteiger partial charge on any atom is -0.478 e. The third kappa shape index (κ3) is 4.37. The predicted octanol–water partition coefficient (Wildman–Crippen LogP) is 3.51. The third-order valence-electron chi connectivity index (χ3n) is 3.97. The lowest BCUT2D eigenvalue weighted by Crippen LogP contribution is -2.17. The lowest BCUT2D eigenvalue weighted by Gasteiger charge is -2.12. The van der Waals surface area contributed by atoms with Crippen molar-refractivity contribution in [3.05, 3.63) is 59.9 Å². The number of pyridine rings is 1. The number of aliphatic carboxylic acids is 1. The number of amides is 1. The van der Waals surface area contributed by atoms with Crippen molar-refractivity contribution in [1.29, 1.82) is 0 Å². The van der Waals surface area contributed by atoms with Crippen molar-refractivity contribution in [2.24, 2.45) is 5.73 Å². The highest BCUT2D eigenvalue weighted by Crippen LogP contribution is 2.30. The summed E-state index contributed by atoms with van der Waals surface area (Å²) in [4.78, 5) is 27.1. The van der Waals surface area contributed by atoms with Crippen LogP contribution in [0.15, 0.2) is 48.5 Å². The minimum absolute atomic E-state index is 0.00586. The fourth-order valence-electron chi connectivity index (χ4n) is 2.83. The summed E-state index contributed by atoms with van der Waals surface area (Å²) < 4.78 is 43.0. The largest absolute Gasteiger partial charge is 0.573 e. The van der Waals surface area contributed by atoms with Gasteiger partial charge in [0.1, 0.15) is 17.3 Å². The Morgan fingerprint density at radius 2 is 1.93 bits per heavy atom. The Hall–Kier alpha value is -3.82. The van der Waals surface area contributed by atoms with Crippen LogP contribution in [0.5, 0.6) is 5.75 Å². The van der Waals surface area contributed by atoms with Crippen LogP contribution in [0.4, 0.5) is 13.2 Å². The molecule has 0 aliphatic heterocycles. The van der Waals surface area contributed by atoms with Gasteiger partial charge in [-0.1, -0.05) is 6.07 Å². The van der Waals surface area contributed by atoms with Crippen molar-refractivity contribution in [2.45, 2.75) is 13.3 Å². The van der Waals surface area contributed by atoms with Crippen molar-refractivity contribution in [3.63, 3.8) is 0 Å². The Morgan fingerprint density at radius 1 is 1.21 bits per heavy atom. The SMILES string of the molecule is C/C(=C\C(=O)O)c1cccc(-n2c(C(N)=O)cc3ccc(OC(F)(F)F)cc32)n1. The second-order valence-corrected chi connectivity index (χ2v) is 6.04. The van der Waals surface area contributed by atoms with Crippen molar-refractivity contribution in [1.82, 2.24) is 9.55 Å². The Kier molecular flexibility index (Phi) is 5.02. The molecule has 3 aromatic rings. The fraction of sp³-hybridized carbons (Fsp3) is 0.105. The molecule has 10 heteroatoms. The summed E-state index contributed by atoms with van der Waals surface area (Å²) in [5.41, 5.74) is 6.29. The van der Waals surface area contributed by atoms with Crippen molar-refractivity contribution >= 4 is 28.4 Å². The topological polar surface area (TPSA) is 107 Å². The smallest absolute Gasteiger partial charge is 0.478 e. The Balaban J connectivity index is 2.22. The van der Waals surface area contributed by atoms with Gasteiger partial charge in [-0.2, -0.15) is 0 Å². The highest BCUT2D eigenvalue weighted by molar-refractivity contribution is 5.99. The second kappa shape index (κ2) is 7.30. The summed E-state index contributed by atoms with van der Waals surface area (Å²) in [5.74, 6) is -2.27. The molecular formula is C19H14F3N3O4. The van der Waals surface area contributed by atoms with E-state index in [9.17, 15) is 22.8 Å². The number of aromatic nitrogens is 2. The van der Waals surface area contributed by atoms with Crippen molar-refractivity contribution in [3.8, 4) is 11.6 Å². The van der Waals surface area contributed by atoms with Crippen LogP contribution >= 0.6 is 0 Å². The molecule has 150 valence electrons. The zero-order valence-electron chi connectivity index (χ0n) is 14.9. The Labute approximate surface area is 161 Å². The van der Waals surface area contributed by atoms with Crippen LogP contribution in [0.25, 0.3) is 22.3 Å². The van der Waals surface area contributed by atoms with E-state index in [1.54, 1.807) is 12.1 Å². The first-order chi connectivity index (χ1) is 13.5. The van der Waals surface area contributed by atoms with Gasteiger partial charge >= 0.3 is 12.3 Å². The zero-order chi connectivity index (χ0) is 21.3. The molecule has 1 aromatic carbocycles. The molecule has 3 rings (SSSR count). The van der Waals surface area contributed by atoms with Gasteiger partial charge in [-0.05, 0) is 42.8 Å². The second-order valence-electron chi connectivity index (χ2n) is 6.04. The maximum atomic E-state index is 12.6. The van der Waals surface area contributed by atoms with Gasteiger partial charge in [0.15, 0.2) is 0 Å². The van der Waals surface area contributed by atoms with Gasteiger partial charge in [0, 0.05) is 17.5 Å². The highest BCUT2D eigenvalue weighted by Gasteiger charge is 2.31. The predicted molar refractivity (Wildman–Crippen MR) is 97.6 cm³/mol. The number of primary amides is 1. The van der Waals surface area contributed by atoms with Crippen LogP contribution in [0.1, 0.15) is 23.1 Å². The number of rotatable bonds is 5. The van der Waals surface area contributed by atoms with Crippen LogP contribution in [-0.2, 0) is 4.79 Å². The summed E-state index contributed by atoms with van der Waals surface area (Å²) in [6, 6.07) is 9.66. The molecule has 0 fully saturated rings. The number of carbonyl (C=O) groups excluding carboxylic acids is 1. The van der Waals surface area contributed by atoms with Gasteiger partial charge in [0.2, 0.25) is 0 Å². The molecule has 0 aliphatic carbocycles. The quantitative estimate of drug-likeness (QED) is 0.632. The number of nitrogens with zero attached hydrogens (tertiary/aromatic N) is 2. The van der Waals surface area contributed by atoms with E-state index in [0.717, 1.165) is 18.2 Å². The maximum Gasteiger partial charge on any atom is 0.573 e. The van der Waals surface area contributed by atoms with Crippen LogP contribution in [0.2, 0.25) is 0 Å². The molecule has 0 saturated carbocycles. The van der Waals surface area contributed by atoms with Gasteiger partial charge in [-0.3, -0.25) is 9.36 Å². The summed E-state index contributed by atoms with van der Waals surface area (Å²) >= 11 is 0. The van der Waals surface area contributed by atoms with E-state index < -0.39 is 24.0 Å². The first kappa shape index (κ1) is 19.9. The fourth-order valence-corrected chi connectivity index (χ4v) is 2.83. The number of allylic oxidation sites excluding steroid dienone is 1. The number of ether oxygens (including phenoxy) is 1. The van der Waals surface area contributed by atoms with E-state index in [1.165, 1.54) is 29.7 Å². The summed E-state index contributed by atoms with van der Waals surface area (Å²) in [7, 11) is 0. The van der Waals surface area contributed by atoms with Gasteiger partial charge in [-0.15, -0.1) is 13.2 Å². The van der Waals surface area contributed by atoms with Crippen LogP contribution in [0.3, 0.4) is 0 Å². The monoisotopic (exact) mass is 405 g/mol. The minimum atomic E-state index is -4.88. The molecule has 0 radical (unpaired) electrons. The molecule has 0 unspecified atom stereocenters. The van der Waals surface area contributed by atoms with Crippen molar-refractivity contribution in [2.75, 3.05) is 0 Å². The summed E-state index contributed by atoms with van der Waals surface area (Å²) in [6.07, 6.45) is -3.92. The summed E-state index contributed by atoms with van der Waals surface area (Å²) in [6.45, 7) is 1.54. The van der Waals surface area contributed by atoms with Gasteiger partial charge in [-0.25, -0.2) is 9.78 Å². The molecule has 1 amide bonds. The molecule has 0 saturated heterocycles. The molecule has 29 heavy (non-hydrogen) atoms. The molecule has 2 heterocycles. The number of hydrogen-bond donors (Lipinski definition) is 2. The number of carbonyl (C=O) groups is 2. The van der Waals surface area contributed by atoms with E-state index >= 15 is 0 Å². The van der Waals surface area contributed by atoms with Gasteiger partial charge < -0.3 is 15.6 Å². The van der Waals surface area contributed by atoms with Crippen LogP contribution in [-0.4, -0.2) is 32.9 Å². The molecule has 2 aromatic heterocycles. The number of alkyl halides is 3. The maximum absolute atomic E-state index is 12.6. The lowest BCUT2D eigenvalue weighted by atomic mass is 10.2. The van der Waals surface area contributed by atoms with Crippen LogP contribution < -0.4 is 10.5 Å². The van der Waals surface area contributed by atoms with E-state index in [1.807, 2.05) is 0 Å². The Morgan fingerprint density at radius 3 is 2.55 bits per heavy atom. The third-order valence-corrected chi connectivity index (χ3v) is 3.97. The van der Waals surface area contributed by atoms with Gasteiger partial charge in [0.25, 0.3) is 5.91 Å². The lowest BCUT2D eigenvalue weighted by molar-refractivity contribution is -0.274. The number of carboxylic acids is 1. The number of hydrogen-bond acceptors (Lipinski definition) is 4. The van der Waals surface area contributed by atoms with E-state index in [0.29, 0.717) is 16.7 Å². The zero-order valence-corrected chi connectivity index (χ0v) is 14.9. The van der Waals surface area contributed by atoms with Gasteiger partial charge in [0.05, 0.1) is 11.2 Å². The normalized spacial score (nSPS) is 12.2. The molecular weight excluding hydrogens is 391 g/mol. The average Bonchev–Trinajstić information content (AvgIpc) is 2.99. The van der Waals surface area contributed by atoms with E-state index in [4.69, 9.17) is 10.8 Å².